The van der Waals surface area contributed by atoms with E-state index >= 15 is 0 Å². The van der Waals surface area contributed by atoms with E-state index in [0.29, 0.717) is 19.6 Å². The number of ether oxygens (including phenoxy) is 3. The summed E-state index contributed by atoms with van der Waals surface area (Å²) in [5, 5.41) is 0. The van der Waals surface area contributed by atoms with Crippen LogP contribution in [0.2, 0.25) is 0 Å². The lowest BCUT2D eigenvalue weighted by Crippen LogP contribution is -2.11. The SMILES string of the molecule is COc1cncc(C(=O)OCCCOCc2ccccc2)n1. The van der Waals surface area contributed by atoms with Crippen LogP contribution >= 0.6 is 0 Å². The second-order valence-corrected chi connectivity index (χ2v) is 4.47. The summed E-state index contributed by atoms with van der Waals surface area (Å²) in [6.45, 7) is 1.34. The monoisotopic (exact) mass is 302 g/mol. The molecular formula is C16H18N2O4. The Morgan fingerprint density at radius 3 is 2.73 bits per heavy atom. The van der Waals surface area contributed by atoms with Gasteiger partial charge in [0.05, 0.1) is 39.3 Å². The maximum absolute atomic E-state index is 11.7. The van der Waals surface area contributed by atoms with Gasteiger partial charge in [-0.15, -0.1) is 0 Å². The van der Waals surface area contributed by atoms with E-state index < -0.39 is 5.97 Å². The highest BCUT2D eigenvalue weighted by atomic mass is 16.5. The Kier molecular flexibility index (Phi) is 6.32. The number of carbonyl (C=O) groups is 1. The molecule has 0 unspecified atom stereocenters. The molecule has 0 bridgehead atoms. The van der Waals surface area contributed by atoms with Gasteiger partial charge in [-0.25, -0.2) is 9.78 Å². The van der Waals surface area contributed by atoms with Crippen molar-refractivity contribution in [1.82, 2.24) is 9.97 Å². The summed E-state index contributed by atoms with van der Waals surface area (Å²) in [7, 11) is 1.46. The number of aromatic nitrogens is 2. The summed E-state index contributed by atoms with van der Waals surface area (Å²) in [4.78, 5) is 19.6. The summed E-state index contributed by atoms with van der Waals surface area (Å²) < 4.78 is 15.5. The molecule has 0 amide bonds. The van der Waals surface area contributed by atoms with Crippen LogP contribution in [0, 0.1) is 0 Å². The first kappa shape index (κ1) is 15.9. The zero-order valence-electron chi connectivity index (χ0n) is 12.4. The van der Waals surface area contributed by atoms with Crippen LogP contribution in [0.4, 0.5) is 0 Å². The molecule has 2 rings (SSSR count). The standard InChI is InChI=1S/C16H18N2O4/c1-20-15-11-17-10-14(18-15)16(19)22-9-5-8-21-12-13-6-3-2-4-7-13/h2-4,6-7,10-11H,5,8-9,12H2,1H3. The Balaban J connectivity index is 1.63. The first-order chi connectivity index (χ1) is 10.8. The van der Waals surface area contributed by atoms with Gasteiger partial charge in [0, 0.05) is 6.42 Å². The third kappa shape index (κ3) is 5.14. The lowest BCUT2D eigenvalue weighted by molar-refractivity contribution is 0.0426. The number of carbonyl (C=O) groups excluding carboxylic acids is 1. The van der Waals surface area contributed by atoms with Crippen molar-refractivity contribution >= 4 is 5.97 Å². The molecule has 116 valence electrons. The van der Waals surface area contributed by atoms with Gasteiger partial charge in [-0.1, -0.05) is 30.3 Å². The fourth-order valence-electron chi connectivity index (χ4n) is 1.71. The molecule has 0 spiro atoms. The number of benzene rings is 1. The van der Waals surface area contributed by atoms with E-state index in [1.54, 1.807) is 0 Å². The van der Waals surface area contributed by atoms with E-state index in [1.165, 1.54) is 19.5 Å². The summed E-state index contributed by atoms with van der Waals surface area (Å²) in [6, 6.07) is 9.90. The summed E-state index contributed by atoms with van der Waals surface area (Å²) in [5.41, 5.74) is 1.25. The van der Waals surface area contributed by atoms with Crippen molar-refractivity contribution in [3.63, 3.8) is 0 Å². The fraction of sp³-hybridized carbons (Fsp3) is 0.312. The van der Waals surface area contributed by atoms with Gasteiger partial charge in [0.15, 0.2) is 5.69 Å². The van der Waals surface area contributed by atoms with E-state index in [0.717, 1.165) is 5.56 Å². The molecule has 0 aliphatic rings. The van der Waals surface area contributed by atoms with Crippen molar-refractivity contribution < 1.29 is 19.0 Å². The van der Waals surface area contributed by atoms with Crippen molar-refractivity contribution in [2.24, 2.45) is 0 Å². The Morgan fingerprint density at radius 1 is 1.14 bits per heavy atom. The molecule has 0 N–H and O–H groups in total. The Labute approximate surface area is 129 Å². The van der Waals surface area contributed by atoms with Crippen molar-refractivity contribution in [2.75, 3.05) is 20.3 Å². The second kappa shape index (κ2) is 8.74. The van der Waals surface area contributed by atoms with Gasteiger partial charge in [0.2, 0.25) is 5.88 Å². The van der Waals surface area contributed by atoms with Gasteiger partial charge in [0.1, 0.15) is 0 Å². The predicted molar refractivity (Wildman–Crippen MR) is 79.6 cm³/mol. The molecule has 0 saturated carbocycles. The van der Waals surface area contributed by atoms with E-state index in [9.17, 15) is 4.79 Å². The minimum absolute atomic E-state index is 0.129. The molecule has 0 radical (unpaired) electrons. The molecule has 6 heteroatoms. The summed E-state index contributed by atoms with van der Waals surface area (Å²) in [5.74, 6) is -0.241. The number of methoxy groups -OCH3 is 1. The molecule has 0 aliphatic heterocycles. The molecule has 1 heterocycles. The maximum Gasteiger partial charge on any atom is 0.358 e. The lowest BCUT2D eigenvalue weighted by atomic mass is 10.2. The first-order valence-electron chi connectivity index (χ1n) is 6.94. The van der Waals surface area contributed by atoms with Crippen LogP contribution in [0.1, 0.15) is 22.5 Å². The molecule has 0 saturated heterocycles. The average molecular weight is 302 g/mol. The number of esters is 1. The van der Waals surface area contributed by atoms with Gasteiger partial charge in [0.25, 0.3) is 0 Å². The third-order valence-electron chi connectivity index (χ3n) is 2.81. The van der Waals surface area contributed by atoms with Crippen LogP contribution in [0.15, 0.2) is 42.7 Å². The van der Waals surface area contributed by atoms with Crippen LogP contribution in [-0.2, 0) is 16.1 Å². The van der Waals surface area contributed by atoms with E-state index in [1.807, 2.05) is 30.3 Å². The molecule has 1 aromatic carbocycles. The second-order valence-electron chi connectivity index (χ2n) is 4.47. The number of hydrogen-bond donors (Lipinski definition) is 0. The van der Waals surface area contributed by atoms with Gasteiger partial charge >= 0.3 is 5.97 Å². The predicted octanol–water partition coefficient (Wildman–Crippen LogP) is 2.25. The highest BCUT2D eigenvalue weighted by Crippen LogP contribution is 2.05. The zero-order valence-corrected chi connectivity index (χ0v) is 12.4. The van der Waals surface area contributed by atoms with Crippen LogP contribution in [0.3, 0.4) is 0 Å². The Hall–Kier alpha value is -2.47. The molecule has 22 heavy (non-hydrogen) atoms. The minimum atomic E-state index is -0.519. The highest BCUT2D eigenvalue weighted by Gasteiger charge is 2.10. The molecule has 1 aromatic heterocycles. The number of hydrogen-bond acceptors (Lipinski definition) is 6. The third-order valence-corrected chi connectivity index (χ3v) is 2.81. The number of rotatable bonds is 8. The topological polar surface area (TPSA) is 70.5 Å². The van der Waals surface area contributed by atoms with Gasteiger partial charge < -0.3 is 14.2 Å². The molecule has 0 atom stereocenters. The quantitative estimate of drug-likeness (QED) is 0.550. The van der Waals surface area contributed by atoms with E-state index in [-0.39, 0.29) is 18.2 Å². The zero-order chi connectivity index (χ0) is 15.6. The Morgan fingerprint density at radius 2 is 1.95 bits per heavy atom. The van der Waals surface area contributed by atoms with Gasteiger partial charge in [-0.3, -0.25) is 4.98 Å². The minimum Gasteiger partial charge on any atom is -0.480 e. The van der Waals surface area contributed by atoms with Crippen LogP contribution in [-0.4, -0.2) is 36.3 Å². The normalized spacial score (nSPS) is 10.2. The highest BCUT2D eigenvalue weighted by molar-refractivity contribution is 5.86. The lowest BCUT2D eigenvalue weighted by Gasteiger charge is -2.06. The Bertz CT molecular complexity index is 590. The van der Waals surface area contributed by atoms with E-state index in [2.05, 4.69) is 9.97 Å². The smallest absolute Gasteiger partial charge is 0.358 e. The van der Waals surface area contributed by atoms with E-state index in [4.69, 9.17) is 14.2 Å². The van der Waals surface area contributed by atoms with Crippen molar-refractivity contribution in [3.8, 4) is 5.88 Å². The van der Waals surface area contributed by atoms with Crippen LogP contribution in [0.25, 0.3) is 0 Å². The molecule has 0 fully saturated rings. The first-order valence-corrected chi connectivity index (χ1v) is 6.94. The van der Waals surface area contributed by atoms with Crippen molar-refractivity contribution in [1.29, 1.82) is 0 Å². The van der Waals surface area contributed by atoms with Crippen molar-refractivity contribution in [2.45, 2.75) is 13.0 Å². The molecule has 2 aromatic rings. The average Bonchev–Trinajstić information content (AvgIpc) is 2.58. The maximum atomic E-state index is 11.7. The summed E-state index contributed by atoms with van der Waals surface area (Å²) in [6.07, 6.45) is 3.39. The van der Waals surface area contributed by atoms with Gasteiger partial charge in [-0.2, -0.15) is 0 Å². The van der Waals surface area contributed by atoms with Gasteiger partial charge in [-0.05, 0) is 5.56 Å². The molecule has 0 aliphatic carbocycles. The molecule has 6 nitrogen and oxygen atoms in total. The largest absolute Gasteiger partial charge is 0.480 e. The van der Waals surface area contributed by atoms with Crippen molar-refractivity contribution in [3.05, 3.63) is 54.0 Å². The number of nitrogens with zero attached hydrogens (tertiary/aromatic N) is 2. The summed E-state index contributed by atoms with van der Waals surface area (Å²) >= 11 is 0. The van der Waals surface area contributed by atoms with Crippen LogP contribution in [0.5, 0.6) is 5.88 Å². The molecular weight excluding hydrogens is 284 g/mol. The van der Waals surface area contributed by atoms with Crippen LogP contribution < -0.4 is 4.74 Å². The fourth-order valence-corrected chi connectivity index (χ4v) is 1.71.